The average molecular weight is 1240 g/mol. The van der Waals surface area contributed by atoms with Gasteiger partial charge in [0.25, 0.3) is 0 Å². The van der Waals surface area contributed by atoms with E-state index in [2.05, 4.69) is 47.2 Å². The molecule has 484 valence electrons. The summed E-state index contributed by atoms with van der Waals surface area (Å²) >= 11 is 0. The van der Waals surface area contributed by atoms with Gasteiger partial charge in [0.2, 0.25) is 65.0 Å². The molecule has 0 aromatic heterocycles. The van der Waals surface area contributed by atoms with Gasteiger partial charge in [-0.25, -0.2) is 0 Å². The van der Waals surface area contributed by atoms with E-state index in [9.17, 15) is 52.7 Å². The number of hydrogen-bond acceptors (Lipinski definition) is 15. The highest BCUT2D eigenvalue weighted by Gasteiger charge is 2.40. The summed E-state index contributed by atoms with van der Waals surface area (Å²) in [7, 11) is 1.49. The second-order valence-electron chi connectivity index (χ2n) is 21.3. The molecule has 3 aromatic rings. The van der Waals surface area contributed by atoms with Crippen molar-refractivity contribution < 1.29 is 57.5 Å². The molecule has 1 aliphatic heterocycles. The van der Waals surface area contributed by atoms with Crippen molar-refractivity contribution in [2.24, 2.45) is 55.9 Å². The Morgan fingerprint density at radius 3 is 1.53 bits per heavy atom. The Balaban J connectivity index is 1.62. The number of ether oxygens (including phenoxy) is 1. The number of aliphatic imine (C=N–C) groups is 2. The normalized spacial score (nSPS) is 14.9. The molecule has 3 aromatic carbocycles. The Morgan fingerprint density at radius 1 is 0.517 bits per heavy atom. The molecule has 30 nitrogen and oxygen atoms in total. The summed E-state index contributed by atoms with van der Waals surface area (Å²) in [5, 5.41) is 18.4. The van der Waals surface area contributed by atoms with Gasteiger partial charge in [0.05, 0.1) is 20.0 Å². The predicted octanol–water partition coefficient (Wildman–Crippen LogP) is -4.03. The van der Waals surface area contributed by atoms with Crippen LogP contribution in [0.15, 0.2) is 94.9 Å². The van der Waals surface area contributed by atoms with E-state index in [1.54, 1.807) is 84.9 Å². The number of nitrogens with one attached hydrogen (secondary N) is 7. The maximum atomic E-state index is 14.7. The number of methoxy groups -OCH3 is 1. The summed E-state index contributed by atoms with van der Waals surface area (Å²) in [6, 6.07) is 12.9. The molecule has 0 spiro atoms. The third kappa shape index (κ3) is 25.9. The van der Waals surface area contributed by atoms with Crippen molar-refractivity contribution in [3.8, 4) is 5.75 Å². The maximum absolute atomic E-state index is 14.7. The fourth-order valence-corrected chi connectivity index (χ4v) is 9.70. The Labute approximate surface area is 516 Å². The third-order valence-electron chi connectivity index (χ3n) is 14.3. The smallest absolute Gasteiger partial charge is 0.245 e. The molecule has 1 fully saturated rings. The van der Waals surface area contributed by atoms with Crippen LogP contribution in [-0.4, -0.2) is 163 Å². The quantitative estimate of drug-likeness (QED) is 0.0147. The van der Waals surface area contributed by atoms with Crippen LogP contribution in [0, 0.1) is 0 Å². The monoisotopic (exact) mass is 1240 g/mol. The van der Waals surface area contributed by atoms with Crippen LogP contribution in [-0.2, 0) is 72.0 Å². The minimum atomic E-state index is -1.84. The van der Waals surface area contributed by atoms with Gasteiger partial charge in [-0.2, -0.15) is 0 Å². The van der Waals surface area contributed by atoms with Crippen molar-refractivity contribution in [2.75, 3.05) is 33.3 Å². The van der Waals surface area contributed by atoms with Gasteiger partial charge in [-0.1, -0.05) is 72.8 Å². The molecule has 0 saturated carbocycles. The zero-order valence-electron chi connectivity index (χ0n) is 50.0. The molecule has 23 N–H and O–H groups in total. The minimum Gasteiger partial charge on any atom is -0.497 e. The maximum Gasteiger partial charge on any atom is 0.245 e. The molecule has 1 saturated heterocycles. The molecule has 4 rings (SSSR count). The molecule has 8 unspecified atom stereocenters. The summed E-state index contributed by atoms with van der Waals surface area (Å²) in [4.78, 5) is 161. The van der Waals surface area contributed by atoms with Crippen molar-refractivity contribution in [1.82, 2.24) is 42.1 Å². The van der Waals surface area contributed by atoms with E-state index in [4.69, 9.17) is 50.6 Å². The lowest BCUT2D eigenvalue weighted by Crippen LogP contribution is -2.60. The van der Waals surface area contributed by atoms with Crippen LogP contribution in [0.5, 0.6) is 5.75 Å². The molecular formula is C59H86N18O12. The summed E-state index contributed by atoms with van der Waals surface area (Å²) in [6.45, 7) is 0.394. The molecule has 89 heavy (non-hydrogen) atoms. The van der Waals surface area contributed by atoms with Gasteiger partial charge in [0.15, 0.2) is 11.9 Å². The van der Waals surface area contributed by atoms with E-state index in [1.165, 1.54) is 12.0 Å². The number of hydrogen-bond donors (Lipinski definition) is 15. The molecule has 0 bridgehead atoms. The van der Waals surface area contributed by atoms with Crippen molar-refractivity contribution in [3.05, 3.63) is 102 Å². The number of likely N-dealkylation sites (tertiary alicyclic amines) is 1. The van der Waals surface area contributed by atoms with Gasteiger partial charge < -0.3 is 92.7 Å². The second-order valence-corrected chi connectivity index (χ2v) is 21.3. The van der Waals surface area contributed by atoms with Gasteiger partial charge in [-0.3, -0.25) is 62.7 Å². The van der Waals surface area contributed by atoms with Gasteiger partial charge in [-0.05, 0) is 99.6 Å². The predicted molar refractivity (Wildman–Crippen MR) is 329 cm³/mol. The number of nitrogens with zero attached hydrogens (tertiary/aromatic N) is 3. The fourth-order valence-electron chi connectivity index (χ4n) is 9.70. The summed E-state index contributed by atoms with van der Waals surface area (Å²) in [6.07, 6.45) is -0.350. The van der Waals surface area contributed by atoms with E-state index in [-0.39, 0.29) is 89.3 Å². The second kappa shape index (κ2) is 37.6. The van der Waals surface area contributed by atoms with Crippen LogP contribution in [0.1, 0.15) is 93.7 Å². The number of unbranched alkanes of at least 4 members (excludes halogenated alkanes) is 1. The molecule has 0 radical (unpaired) electrons. The fraction of sp³-hybridized carbons (Fsp3) is 0.475. The van der Waals surface area contributed by atoms with Gasteiger partial charge in [-0.15, -0.1) is 0 Å². The van der Waals surface area contributed by atoms with E-state index in [1.807, 2.05) is 0 Å². The molecular weight excluding hydrogens is 1150 g/mol. The standard InChI is InChI=1S/C59H86N18O12/c1-89-38-23-21-37(22-24-38)32-43(70-49(80)33-36-15-6-3-7-16-36)53(84)75-44(31-35-13-4-2-5-14-35)54(85)72-41(25-26-47(61)78)52(83)76-45(34-48(62)79)55(86)74-42(19-11-29-69-59(66)67)57(88)77-30-12-20-46(77)56(87)73-40(18-10-28-68-58(64)65)51(82)71-39(50(63)81)17-8-9-27-60/h2-7,13-16,21-24,39-46H,8-12,17-20,25-34,60H2,1H3,(H2,61,78)(H2,62,79)(H2,63,81)(H,70,80)(H,71,82)(H,72,85)(H,73,87)(H,74,86)(H,75,84)(H,76,83)(H4,64,65,68)(H4,66,67,69). The van der Waals surface area contributed by atoms with E-state index >= 15 is 0 Å². The van der Waals surface area contributed by atoms with Crippen molar-refractivity contribution in [2.45, 2.75) is 145 Å². The zero-order chi connectivity index (χ0) is 65.4. The number of guanidine groups is 2. The Bertz CT molecular complexity index is 2930. The van der Waals surface area contributed by atoms with Crippen molar-refractivity contribution >= 4 is 76.9 Å². The number of benzene rings is 3. The lowest BCUT2D eigenvalue weighted by Gasteiger charge is -2.31. The Hall–Kier alpha value is -9.87. The van der Waals surface area contributed by atoms with Crippen LogP contribution in [0.3, 0.4) is 0 Å². The first-order valence-corrected chi connectivity index (χ1v) is 29.3. The number of amides is 11. The third-order valence-corrected chi connectivity index (χ3v) is 14.3. The van der Waals surface area contributed by atoms with Crippen LogP contribution in [0.25, 0.3) is 0 Å². The van der Waals surface area contributed by atoms with Crippen LogP contribution >= 0.6 is 0 Å². The van der Waals surface area contributed by atoms with E-state index in [0.717, 1.165) is 0 Å². The number of rotatable bonds is 39. The number of carbonyl (C=O) groups excluding carboxylic acids is 11. The highest BCUT2D eigenvalue weighted by atomic mass is 16.5. The first-order valence-electron chi connectivity index (χ1n) is 29.3. The number of nitrogens with two attached hydrogens (primary N) is 8. The molecule has 1 aliphatic rings. The van der Waals surface area contributed by atoms with Gasteiger partial charge >= 0.3 is 0 Å². The molecule has 1 heterocycles. The molecule has 11 amide bonds. The SMILES string of the molecule is COc1ccc(CC(NC(=O)Cc2ccccc2)C(=O)NC(Cc2ccccc2)C(=O)NC(CCC(N)=O)C(=O)NC(CC(N)=O)C(=O)NC(CCCN=C(N)N)C(=O)N2CCCC2C(=O)NC(CCCN=C(N)N)C(=O)NC(CCCCN)C(N)=O)cc1. The first kappa shape index (κ1) is 71.6. The molecule has 30 heteroatoms. The van der Waals surface area contributed by atoms with Crippen LogP contribution in [0.4, 0.5) is 0 Å². The minimum absolute atomic E-state index is 0.00404. The van der Waals surface area contributed by atoms with Gasteiger partial charge in [0, 0.05) is 38.9 Å². The summed E-state index contributed by atoms with van der Waals surface area (Å²) < 4.78 is 5.29. The number of primary amides is 3. The zero-order valence-corrected chi connectivity index (χ0v) is 50.0. The molecule has 8 atom stereocenters. The lowest BCUT2D eigenvalue weighted by atomic mass is 10.0. The Kier molecular flexibility index (Phi) is 30.3. The summed E-state index contributed by atoms with van der Waals surface area (Å²) in [5.41, 5.74) is 46.3. The van der Waals surface area contributed by atoms with Gasteiger partial charge in [0.1, 0.15) is 54.1 Å². The average Bonchev–Trinajstić information content (AvgIpc) is 2.47. The lowest BCUT2D eigenvalue weighted by molar-refractivity contribution is -0.143. The topological polar surface area (TPSA) is 517 Å². The van der Waals surface area contributed by atoms with Crippen molar-refractivity contribution in [3.63, 3.8) is 0 Å². The summed E-state index contributed by atoms with van der Waals surface area (Å²) in [5.74, 6) is -9.43. The first-order chi connectivity index (χ1) is 42.5. The largest absolute Gasteiger partial charge is 0.497 e. The highest BCUT2D eigenvalue weighted by Crippen LogP contribution is 2.21. The number of carbonyl (C=O) groups is 11. The van der Waals surface area contributed by atoms with Crippen molar-refractivity contribution in [1.29, 1.82) is 0 Å². The van der Waals surface area contributed by atoms with Crippen LogP contribution < -0.4 is 87.8 Å². The van der Waals surface area contributed by atoms with E-state index in [0.29, 0.717) is 48.2 Å². The van der Waals surface area contributed by atoms with E-state index < -0.39 is 133 Å². The molecule has 0 aliphatic carbocycles. The van der Waals surface area contributed by atoms with Crippen LogP contribution in [0.2, 0.25) is 0 Å². The Morgan fingerprint density at radius 2 is 0.989 bits per heavy atom. The highest BCUT2D eigenvalue weighted by molar-refractivity contribution is 5.99.